The van der Waals surface area contributed by atoms with E-state index in [4.69, 9.17) is 29.6 Å². The van der Waals surface area contributed by atoms with Crippen molar-refractivity contribution in [3.63, 3.8) is 0 Å². The summed E-state index contributed by atoms with van der Waals surface area (Å²) >= 11 is 13.0. The molecule has 0 aliphatic heterocycles. The van der Waals surface area contributed by atoms with Gasteiger partial charge < -0.3 is 10.6 Å². The molecule has 106 valence electrons. The van der Waals surface area contributed by atoms with E-state index >= 15 is 0 Å². The molecule has 20 heavy (non-hydrogen) atoms. The second-order valence-electron chi connectivity index (χ2n) is 4.83. The zero-order valence-corrected chi connectivity index (χ0v) is 13.9. The van der Waals surface area contributed by atoms with Crippen molar-refractivity contribution < 1.29 is 0 Å². The summed E-state index contributed by atoms with van der Waals surface area (Å²) < 4.78 is 0. The van der Waals surface area contributed by atoms with Gasteiger partial charge in [-0.25, -0.2) is 0 Å². The van der Waals surface area contributed by atoms with Crippen molar-refractivity contribution in [3.8, 4) is 0 Å². The predicted octanol–water partition coefficient (Wildman–Crippen LogP) is 4.45. The summed E-state index contributed by atoms with van der Waals surface area (Å²) in [5.74, 6) is 0. The summed E-state index contributed by atoms with van der Waals surface area (Å²) in [5, 5.41) is 2.74. The molecule has 2 N–H and O–H groups in total. The second kappa shape index (κ2) is 6.57. The fourth-order valence-electron chi connectivity index (χ4n) is 2.07. The molecule has 0 aliphatic rings. The van der Waals surface area contributed by atoms with Gasteiger partial charge in [-0.2, -0.15) is 0 Å². The molecule has 1 aromatic carbocycles. The van der Waals surface area contributed by atoms with Crippen molar-refractivity contribution >= 4 is 45.8 Å². The van der Waals surface area contributed by atoms with Gasteiger partial charge in [0.2, 0.25) is 0 Å². The number of hydrogen-bond acceptors (Lipinski definition) is 3. The first-order valence-corrected chi connectivity index (χ1v) is 8.04. The van der Waals surface area contributed by atoms with E-state index in [-0.39, 0.29) is 0 Å². The average molecular weight is 325 g/mol. The number of hydrogen-bond donors (Lipinski definition) is 1. The Hall–Kier alpha value is -1.10. The third kappa shape index (κ3) is 3.51. The maximum absolute atomic E-state index is 6.06. The molecule has 0 unspecified atom stereocenters. The zero-order valence-electron chi connectivity index (χ0n) is 11.5. The van der Waals surface area contributed by atoms with Crippen LogP contribution in [-0.4, -0.2) is 11.0 Å². The monoisotopic (exact) mass is 324 g/mol. The quantitative estimate of drug-likeness (QED) is 0.824. The van der Waals surface area contributed by atoms with Crippen LogP contribution in [0.2, 0.25) is 5.02 Å². The van der Waals surface area contributed by atoms with Crippen LogP contribution in [0.4, 0.5) is 5.69 Å². The molecule has 0 radical (unpaired) electrons. The van der Waals surface area contributed by atoms with Gasteiger partial charge in [0.15, 0.2) is 0 Å². The molecule has 0 fully saturated rings. The highest BCUT2D eigenvalue weighted by Gasteiger charge is 2.17. The molecule has 2 aromatic rings. The van der Waals surface area contributed by atoms with Gasteiger partial charge in [0.1, 0.15) is 4.99 Å². The molecule has 0 amide bonds. The first-order valence-electron chi connectivity index (χ1n) is 6.37. The van der Waals surface area contributed by atoms with E-state index in [1.807, 2.05) is 18.2 Å². The lowest BCUT2D eigenvalue weighted by Crippen LogP contribution is -2.31. The molecule has 0 atom stereocenters. The van der Waals surface area contributed by atoms with Gasteiger partial charge in [0, 0.05) is 27.2 Å². The molecule has 1 heterocycles. The van der Waals surface area contributed by atoms with Crippen LogP contribution in [0.15, 0.2) is 35.7 Å². The van der Waals surface area contributed by atoms with Crippen LogP contribution < -0.4 is 10.6 Å². The maximum atomic E-state index is 6.06. The topological polar surface area (TPSA) is 29.3 Å². The van der Waals surface area contributed by atoms with E-state index in [2.05, 4.69) is 36.3 Å². The van der Waals surface area contributed by atoms with Crippen LogP contribution in [0, 0.1) is 0 Å². The first-order chi connectivity index (χ1) is 9.49. The third-order valence-electron chi connectivity index (χ3n) is 3.06. The van der Waals surface area contributed by atoms with Gasteiger partial charge in [-0.05, 0) is 43.5 Å². The first kappa shape index (κ1) is 15.3. The molecule has 0 bridgehead atoms. The Labute approximate surface area is 134 Å². The lowest BCUT2D eigenvalue weighted by atomic mass is 10.1. The minimum Gasteiger partial charge on any atom is -0.389 e. The number of nitrogens with two attached hydrogens (primary N) is 1. The summed E-state index contributed by atoms with van der Waals surface area (Å²) in [6.07, 6.45) is 0. The number of rotatable bonds is 5. The fraction of sp³-hybridized carbons (Fsp3) is 0.267. The molecule has 0 spiro atoms. The minimum atomic E-state index is 0.339. The largest absolute Gasteiger partial charge is 0.389 e. The third-order valence-corrected chi connectivity index (χ3v) is 4.38. The number of nitrogens with zero attached hydrogens (tertiary/aromatic N) is 1. The van der Waals surface area contributed by atoms with Crippen LogP contribution in [0.3, 0.4) is 0 Å². The van der Waals surface area contributed by atoms with Gasteiger partial charge in [0.05, 0.1) is 6.54 Å². The van der Waals surface area contributed by atoms with E-state index in [0.29, 0.717) is 16.1 Å². The van der Waals surface area contributed by atoms with Crippen molar-refractivity contribution in [2.24, 2.45) is 5.73 Å². The van der Waals surface area contributed by atoms with Gasteiger partial charge in [0.25, 0.3) is 0 Å². The number of benzene rings is 1. The number of thiocarbonyl (C=S) groups is 1. The summed E-state index contributed by atoms with van der Waals surface area (Å²) in [5.41, 5.74) is 7.71. The highest BCUT2D eigenvalue weighted by molar-refractivity contribution is 7.80. The standard InChI is InChI=1S/C15H17ClN2S2/c1-10(2)18(9-12-4-3-7-20-12)14-6-5-11(16)8-13(14)15(17)19/h3-8,10H,9H2,1-2H3,(H2,17,19). The molecule has 5 heteroatoms. The highest BCUT2D eigenvalue weighted by atomic mass is 35.5. The second-order valence-corrected chi connectivity index (χ2v) is 6.74. The molecule has 2 nitrogen and oxygen atoms in total. The minimum absolute atomic E-state index is 0.339. The Balaban J connectivity index is 2.41. The van der Waals surface area contributed by atoms with Crippen molar-refractivity contribution in [2.75, 3.05) is 4.90 Å². The van der Waals surface area contributed by atoms with E-state index in [9.17, 15) is 0 Å². The zero-order chi connectivity index (χ0) is 14.7. The molecule has 2 rings (SSSR count). The molecule has 1 aromatic heterocycles. The van der Waals surface area contributed by atoms with Crippen molar-refractivity contribution in [1.29, 1.82) is 0 Å². The maximum Gasteiger partial charge on any atom is 0.106 e. The number of anilines is 1. The Morgan fingerprint density at radius 1 is 1.40 bits per heavy atom. The van der Waals surface area contributed by atoms with E-state index in [1.54, 1.807) is 11.3 Å². The normalized spacial score (nSPS) is 10.8. The Kier molecular flexibility index (Phi) is 5.02. The Morgan fingerprint density at radius 2 is 2.15 bits per heavy atom. The average Bonchev–Trinajstić information content (AvgIpc) is 2.89. The highest BCUT2D eigenvalue weighted by Crippen LogP contribution is 2.28. The van der Waals surface area contributed by atoms with Crippen LogP contribution in [0.5, 0.6) is 0 Å². The summed E-state index contributed by atoms with van der Waals surface area (Å²) in [4.78, 5) is 3.97. The number of halogens is 1. The molecule has 0 aliphatic carbocycles. The van der Waals surface area contributed by atoms with Crippen molar-refractivity contribution in [1.82, 2.24) is 0 Å². The molecule has 0 saturated carbocycles. The van der Waals surface area contributed by atoms with E-state index in [1.165, 1.54) is 4.88 Å². The van der Waals surface area contributed by atoms with Crippen LogP contribution in [0.25, 0.3) is 0 Å². The Morgan fingerprint density at radius 3 is 2.70 bits per heavy atom. The van der Waals surface area contributed by atoms with Crippen LogP contribution >= 0.6 is 35.2 Å². The molecule has 0 saturated heterocycles. The summed E-state index contributed by atoms with van der Waals surface area (Å²) in [7, 11) is 0. The smallest absolute Gasteiger partial charge is 0.106 e. The van der Waals surface area contributed by atoms with Crippen LogP contribution in [-0.2, 0) is 6.54 Å². The van der Waals surface area contributed by atoms with Gasteiger partial charge >= 0.3 is 0 Å². The van der Waals surface area contributed by atoms with E-state index in [0.717, 1.165) is 17.8 Å². The van der Waals surface area contributed by atoms with Gasteiger partial charge in [-0.15, -0.1) is 11.3 Å². The predicted molar refractivity (Wildman–Crippen MR) is 93.0 cm³/mol. The SMILES string of the molecule is CC(C)N(Cc1cccs1)c1ccc(Cl)cc1C(N)=S. The number of thiophene rings is 1. The van der Waals surface area contributed by atoms with Gasteiger partial charge in [-0.3, -0.25) is 0 Å². The Bertz CT molecular complexity index is 594. The van der Waals surface area contributed by atoms with Crippen molar-refractivity contribution in [2.45, 2.75) is 26.4 Å². The van der Waals surface area contributed by atoms with Crippen LogP contribution in [0.1, 0.15) is 24.3 Å². The summed E-state index contributed by atoms with van der Waals surface area (Å²) in [6, 6.07) is 10.2. The lowest BCUT2D eigenvalue weighted by Gasteiger charge is -2.30. The fourth-order valence-corrected chi connectivity index (χ4v) is 3.11. The molecular formula is C15H17ClN2S2. The van der Waals surface area contributed by atoms with Gasteiger partial charge in [-0.1, -0.05) is 29.9 Å². The van der Waals surface area contributed by atoms with E-state index < -0.39 is 0 Å². The van der Waals surface area contributed by atoms with Crippen molar-refractivity contribution in [3.05, 3.63) is 51.2 Å². The lowest BCUT2D eigenvalue weighted by molar-refractivity contribution is 0.687. The molecular weight excluding hydrogens is 308 g/mol. The summed E-state index contributed by atoms with van der Waals surface area (Å²) in [6.45, 7) is 5.16.